The molecule has 1 aromatic heterocycles. The third kappa shape index (κ3) is 3.23. The van der Waals surface area contributed by atoms with Crippen molar-refractivity contribution in [1.29, 1.82) is 0 Å². The smallest absolute Gasteiger partial charge is 0.331 e. The van der Waals surface area contributed by atoms with E-state index in [9.17, 15) is 4.79 Å². The summed E-state index contributed by atoms with van der Waals surface area (Å²) in [6.45, 7) is 6.90. The molecule has 82 valence electrons. The second-order valence-electron chi connectivity index (χ2n) is 3.16. The first-order valence-corrected chi connectivity index (χ1v) is 5.05. The maximum atomic E-state index is 11.2. The summed E-state index contributed by atoms with van der Waals surface area (Å²) in [6, 6.07) is 0. The van der Waals surface area contributed by atoms with E-state index >= 15 is 0 Å². The number of esters is 1. The van der Waals surface area contributed by atoms with Crippen LogP contribution in [0.4, 0.5) is 0 Å². The van der Waals surface area contributed by atoms with Gasteiger partial charge in [-0.15, -0.1) is 0 Å². The lowest BCUT2D eigenvalue weighted by atomic mass is 10.1. The van der Waals surface area contributed by atoms with E-state index in [2.05, 4.69) is 5.10 Å². The Morgan fingerprint density at radius 3 is 2.87 bits per heavy atom. The van der Waals surface area contributed by atoms with Crippen molar-refractivity contribution in [2.24, 2.45) is 0 Å². The number of carbonyl (C=O) groups excluding carboxylic acids is 1. The van der Waals surface area contributed by atoms with Crippen LogP contribution in [0.5, 0.6) is 0 Å². The molecule has 0 N–H and O–H groups in total. The molecule has 1 heterocycles. The van der Waals surface area contributed by atoms with E-state index in [-0.39, 0.29) is 5.97 Å². The number of rotatable bonds is 4. The van der Waals surface area contributed by atoms with Crippen LogP contribution in [0.25, 0.3) is 5.57 Å². The van der Waals surface area contributed by atoms with Gasteiger partial charge in [0.15, 0.2) is 0 Å². The Labute approximate surface area is 89.5 Å². The SMILES string of the molecule is CCOC(=O)/C=C(\C)c1cnn(CC)c1. The van der Waals surface area contributed by atoms with Crippen LogP contribution in [0.2, 0.25) is 0 Å². The third-order valence-electron chi connectivity index (χ3n) is 2.03. The van der Waals surface area contributed by atoms with E-state index in [1.165, 1.54) is 6.08 Å². The molecular formula is C11H16N2O2. The Morgan fingerprint density at radius 2 is 2.33 bits per heavy atom. The van der Waals surface area contributed by atoms with Gasteiger partial charge in [-0.2, -0.15) is 5.10 Å². The summed E-state index contributed by atoms with van der Waals surface area (Å²) in [4.78, 5) is 11.2. The Kier molecular flexibility index (Phi) is 4.09. The van der Waals surface area contributed by atoms with Crippen LogP contribution in [0, 0.1) is 0 Å². The van der Waals surface area contributed by atoms with Crippen molar-refractivity contribution in [3.8, 4) is 0 Å². The summed E-state index contributed by atoms with van der Waals surface area (Å²) in [6.07, 6.45) is 5.14. The normalized spacial score (nSPS) is 11.5. The molecule has 0 radical (unpaired) electrons. The van der Waals surface area contributed by atoms with Gasteiger partial charge >= 0.3 is 5.97 Å². The van der Waals surface area contributed by atoms with E-state index in [0.717, 1.165) is 17.7 Å². The van der Waals surface area contributed by atoms with E-state index < -0.39 is 0 Å². The van der Waals surface area contributed by atoms with Crippen molar-refractivity contribution < 1.29 is 9.53 Å². The van der Waals surface area contributed by atoms with Gasteiger partial charge in [-0.1, -0.05) is 0 Å². The number of hydrogen-bond donors (Lipinski definition) is 0. The molecule has 0 aliphatic heterocycles. The fraction of sp³-hybridized carbons (Fsp3) is 0.455. The van der Waals surface area contributed by atoms with E-state index in [1.54, 1.807) is 13.1 Å². The Balaban J connectivity index is 2.74. The van der Waals surface area contributed by atoms with E-state index in [4.69, 9.17) is 4.74 Å². The molecule has 0 saturated carbocycles. The van der Waals surface area contributed by atoms with Crippen molar-refractivity contribution in [2.75, 3.05) is 6.61 Å². The third-order valence-corrected chi connectivity index (χ3v) is 2.03. The van der Waals surface area contributed by atoms with Gasteiger partial charge in [-0.25, -0.2) is 4.79 Å². The van der Waals surface area contributed by atoms with Gasteiger partial charge in [-0.3, -0.25) is 4.68 Å². The minimum Gasteiger partial charge on any atom is -0.463 e. The van der Waals surface area contributed by atoms with Gasteiger partial charge < -0.3 is 4.74 Å². The largest absolute Gasteiger partial charge is 0.463 e. The molecule has 1 rings (SSSR count). The average Bonchev–Trinajstić information content (AvgIpc) is 2.66. The highest BCUT2D eigenvalue weighted by Gasteiger charge is 2.02. The number of hydrogen-bond acceptors (Lipinski definition) is 3. The highest BCUT2D eigenvalue weighted by atomic mass is 16.5. The number of allylic oxidation sites excluding steroid dienone is 1. The van der Waals surface area contributed by atoms with Crippen LogP contribution < -0.4 is 0 Å². The number of aryl methyl sites for hydroxylation is 1. The molecular weight excluding hydrogens is 192 g/mol. The molecule has 0 bridgehead atoms. The molecule has 0 unspecified atom stereocenters. The molecule has 15 heavy (non-hydrogen) atoms. The highest BCUT2D eigenvalue weighted by Crippen LogP contribution is 2.12. The molecule has 0 saturated heterocycles. The molecule has 0 aromatic carbocycles. The maximum Gasteiger partial charge on any atom is 0.331 e. The summed E-state index contributed by atoms with van der Waals surface area (Å²) in [5, 5.41) is 4.13. The molecule has 0 atom stereocenters. The number of ether oxygens (including phenoxy) is 1. The first kappa shape index (κ1) is 11.5. The van der Waals surface area contributed by atoms with Crippen LogP contribution in [0.15, 0.2) is 18.5 Å². The van der Waals surface area contributed by atoms with Crippen molar-refractivity contribution >= 4 is 11.5 Å². The van der Waals surface area contributed by atoms with Crippen LogP contribution >= 0.6 is 0 Å². The first-order valence-electron chi connectivity index (χ1n) is 5.05. The van der Waals surface area contributed by atoms with E-state index in [1.807, 2.05) is 24.7 Å². The van der Waals surface area contributed by atoms with Crippen molar-refractivity contribution in [3.05, 3.63) is 24.0 Å². The lowest BCUT2D eigenvalue weighted by Gasteiger charge is -1.98. The molecule has 0 aliphatic rings. The predicted molar refractivity (Wildman–Crippen MR) is 58.2 cm³/mol. The fourth-order valence-electron chi connectivity index (χ4n) is 1.18. The molecule has 0 fully saturated rings. The van der Waals surface area contributed by atoms with Crippen LogP contribution in [0.3, 0.4) is 0 Å². The zero-order chi connectivity index (χ0) is 11.3. The minimum atomic E-state index is -0.306. The summed E-state index contributed by atoms with van der Waals surface area (Å²) in [5.41, 5.74) is 1.82. The number of carbonyl (C=O) groups is 1. The minimum absolute atomic E-state index is 0.306. The number of nitrogens with zero attached hydrogens (tertiary/aromatic N) is 2. The topological polar surface area (TPSA) is 44.1 Å². The monoisotopic (exact) mass is 208 g/mol. The molecule has 1 aromatic rings. The highest BCUT2D eigenvalue weighted by molar-refractivity contribution is 5.90. The average molecular weight is 208 g/mol. The van der Waals surface area contributed by atoms with Crippen LogP contribution in [-0.2, 0) is 16.1 Å². The lowest BCUT2D eigenvalue weighted by Crippen LogP contribution is -2.00. The molecule has 0 aliphatic carbocycles. The van der Waals surface area contributed by atoms with Gasteiger partial charge in [0.2, 0.25) is 0 Å². The Hall–Kier alpha value is -1.58. The summed E-state index contributed by atoms with van der Waals surface area (Å²) in [5.74, 6) is -0.306. The van der Waals surface area contributed by atoms with Gasteiger partial charge in [0.25, 0.3) is 0 Å². The fourth-order valence-corrected chi connectivity index (χ4v) is 1.18. The maximum absolute atomic E-state index is 11.2. The summed E-state index contributed by atoms with van der Waals surface area (Å²) >= 11 is 0. The number of aromatic nitrogens is 2. The van der Waals surface area contributed by atoms with Crippen LogP contribution in [0.1, 0.15) is 26.3 Å². The van der Waals surface area contributed by atoms with E-state index in [0.29, 0.717) is 6.61 Å². The summed E-state index contributed by atoms with van der Waals surface area (Å²) < 4.78 is 6.64. The quantitative estimate of drug-likeness (QED) is 0.560. The van der Waals surface area contributed by atoms with Gasteiger partial charge in [-0.05, 0) is 26.3 Å². The van der Waals surface area contributed by atoms with Crippen molar-refractivity contribution in [3.63, 3.8) is 0 Å². The Morgan fingerprint density at radius 1 is 1.60 bits per heavy atom. The Bertz CT molecular complexity index is 366. The zero-order valence-corrected chi connectivity index (χ0v) is 9.36. The second-order valence-corrected chi connectivity index (χ2v) is 3.16. The first-order chi connectivity index (χ1) is 7.17. The molecule has 4 heteroatoms. The molecule has 0 amide bonds. The van der Waals surface area contributed by atoms with Gasteiger partial charge in [0, 0.05) is 24.4 Å². The summed E-state index contributed by atoms with van der Waals surface area (Å²) in [7, 11) is 0. The molecule has 4 nitrogen and oxygen atoms in total. The lowest BCUT2D eigenvalue weighted by molar-refractivity contribution is -0.137. The second kappa shape index (κ2) is 5.34. The zero-order valence-electron chi connectivity index (χ0n) is 9.36. The van der Waals surface area contributed by atoms with Crippen LogP contribution in [-0.4, -0.2) is 22.4 Å². The van der Waals surface area contributed by atoms with Crippen molar-refractivity contribution in [1.82, 2.24) is 9.78 Å². The predicted octanol–water partition coefficient (Wildman–Crippen LogP) is 1.87. The van der Waals surface area contributed by atoms with Gasteiger partial charge in [0.1, 0.15) is 0 Å². The molecule has 0 spiro atoms. The standard InChI is InChI=1S/C11H16N2O2/c1-4-13-8-10(7-12-13)9(3)6-11(14)15-5-2/h6-8H,4-5H2,1-3H3/b9-6+. The van der Waals surface area contributed by atoms with Crippen molar-refractivity contribution in [2.45, 2.75) is 27.3 Å². The van der Waals surface area contributed by atoms with Gasteiger partial charge in [0.05, 0.1) is 12.8 Å².